The molecule has 11 heteroatoms. The van der Waals surface area contributed by atoms with E-state index in [0.29, 0.717) is 37.7 Å². The number of Topliss-reactive ketones (excluding diaryl/α,β-unsaturated/α-hetero) is 1. The number of cyclic esters (lactones) is 1. The molecule has 2 heterocycles. The molecule has 3 aromatic rings. The van der Waals surface area contributed by atoms with Crippen molar-refractivity contribution in [3.8, 4) is 0 Å². The molecule has 2 aliphatic heterocycles. The fraction of sp³-hybridized carbons (Fsp3) is 0.545. The van der Waals surface area contributed by atoms with Crippen LogP contribution in [-0.4, -0.2) is 94.2 Å². The zero-order valence-electron chi connectivity index (χ0n) is 39.6. The molecule has 14 atom stereocenters. The molecular formula is C55H70O10P+. The molecule has 0 amide bonds. The van der Waals surface area contributed by atoms with Crippen molar-refractivity contribution in [3.63, 3.8) is 0 Å². The van der Waals surface area contributed by atoms with Crippen LogP contribution in [0.5, 0.6) is 0 Å². The van der Waals surface area contributed by atoms with Gasteiger partial charge in [0.05, 0.1) is 30.7 Å². The van der Waals surface area contributed by atoms with Gasteiger partial charge in [-0.25, -0.2) is 0 Å². The largest absolute Gasteiger partial charge is 0.462 e. The molecule has 0 N–H and O–H groups in total. The second-order valence-corrected chi connectivity index (χ2v) is 22.7. The summed E-state index contributed by atoms with van der Waals surface area (Å²) in [5.41, 5.74) is 0.666. The van der Waals surface area contributed by atoms with Crippen LogP contribution in [0, 0.1) is 35.5 Å². The van der Waals surface area contributed by atoms with E-state index in [1.807, 2.05) is 20.8 Å². The maximum absolute atomic E-state index is 14.9. The van der Waals surface area contributed by atoms with Gasteiger partial charge < -0.3 is 33.2 Å². The standard InChI is InChI=1S/C55H70O10P/c1-7-38-19-17-26-48(65-49(56)27-18-30-66(40-20-11-8-12-21-40,41-22-13-9-14-23-41)42-24-15-10-16-25-42)35(2)51(58)47-33-45-43(46(47)34-50(57)63-38)29-28-37-31-39(32-44(37)45)64-55-54(61-6)53(60-5)52(59-4)36(3)62-55/h8-16,20-25,28-29,33,35-39,43-46,48,52-55H,7,17-19,26-27,30-32,34H2,1-6H3/q+1/t35-,36+,37-,38+,39-,43-,44-,45-,46+,48+,52+,53-,54-,55+/m1/s1. The van der Waals surface area contributed by atoms with Crippen LogP contribution in [0.15, 0.2) is 115 Å². The molecule has 1 saturated carbocycles. The minimum Gasteiger partial charge on any atom is -0.462 e. The lowest BCUT2D eigenvalue weighted by Gasteiger charge is -2.44. The molecule has 66 heavy (non-hydrogen) atoms. The normalized spacial score (nSPS) is 33.6. The number of carbonyl (C=O) groups excluding carboxylic acids is 3. The van der Waals surface area contributed by atoms with Gasteiger partial charge in [0.25, 0.3) is 0 Å². The zero-order chi connectivity index (χ0) is 46.4. The number of carbonyl (C=O) groups is 3. The number of ketones is 1. The summed E-state index contributed by atoms with van der Waals surface area (Å²) in [6.45, 7) is 5.91. The van der Waals surface area contributed by atoms with Crippen LogP contribution in [-0.2, 0) is 47.5 Å². The third kappa shape index (κ3) is 10.1. The fourth-order valence-electron chi connectivity index (χ4n) is 12.0. The lowest BCUT2D eigenvalue weighted by Crippen LogP contribution is -2.59. The lowest BCUT2D eigenvalue weighted by atomic mass is 9.70. The van der Waals surface area contributed by atoms with Crippen LogP contribution < -0.4 is 15.9 Å². The maximum atomic E-state index is 14.9. The number of ether oxygens (including phenoxy) is 7. The summed E-state index contributed by atoms with van der Waals surface area (Å²) >= 11 is 0. The molecule has 3 fully saturated rings. The topological polar surface area (TPSA) is 116 Å². The van der Waals surface area contributed by atoms with Crippen molar-refractivity contribution in [2.45, 2.75) is 128 Å². The van der Waals surface area contributed by atoms with Crippen LogP contribution in [0.4, 0.5) is 0 Å². The van der Waals surface area contributed by atoms with Gasteiger partial charge in [0.1, 0.15) is 53.7 Å². The van der Waals surface area contributed by atoms with E-state index in [9.17, 15) is 14.4 Å². The summed E-state index contributed by atoms with van der Waals surface area (Å²) in [4.78, 5) is 42.7. The van der Waals surface area contributed by atoms with Crippen LogP contribution >= 0.6 is 7.26 Å². The van der Waals surface area contributed by atoms with Gasteiger partial charge in [0, 0.05) is 33.7 Å². The van der Waals surface area contributed by atoms with Gasteiger partial charge in [0.2, 0.25) is 0 Å². The van der Waals surface area contributed by atoms with Gasteiger partial charge in [0.15, 0.2) is 12.1 Å². The first-order valence-corrected chi connectivity index (χ1v) is 26.3. The molecule has 0 aromatic heterocycles. The Kier molecular flexibility index (Phi) is 16.1. The molecule has 0 unspecified atom stereocenters. The van der Waals surface area contributed by atoms with Gasteiger partial charge in [-0.1, -0.05) is 86.7 Å². The number of fused-ring (bicyclic) bond motifs is 5. The third-order valence-corrected chi connectivity index (χ3v) is 19.9. The SMILES string of the molecule is CC[C@H]1CCC[C@H](OC(=O)CCC[P+](c2ccccc2)(c2ccccc2)c2ccccc2)[C@@H](C)C(=O)C2=C[C@@H]3[C@@H](C=C[C@@H]4C[C@@H](O[C@@H]5O[C@@H](C)[C@H](OC)[C@@H](OC)[C@H]5OC)C[C@@H]34)[C@@H]2CC(=O)O1. The van der Waals surface area contributed by atoms with Crippen molar-refractivity contribution in [1.29, 1.82) is 0 Å². The first-order valence-electron chi connectivity index (χ1n) is 24.4. The first kappa shape index (κ1) is 48.4. The number of allylic oxidation sites excluding steroid dienone is 4. The minimum atomic E-state index is -2.13. The van der Waals surface area contributed by atoms with E-state index in [0.717, 1.165) is 19.0 Å². The lowest BCUT2D eigenvalue weighted by molar-refractivity contribution is -0.314. The third-order valence-electron chi connectivity index (χ3n) is 15.4. The summed E-state index contributed by atoms with van der Waals surface area (Å²) in [6.07, 6.45) is 9.58. The number of hydrogen-bond donors (Lipinski definition) is 0. The summed E-state index contributed by atoms with van der Waals surface area (Å²) in [7, 11) is 2.82. The van der Waals surface area contributed by atoms with E-state index in [1.54, 1.807) is 21.3 Å². The van der Waals surface area contributed by atoms with E-state index in [4.69, 9.17) is 33.2 Å². The summed E-state index contributed by atoms with van der Waals surface area (Å²) < 4.78 is 43.1. The molecular weight excluding hydrogens is 852 g/mol. The average Bonchev–Trinajstić information content (AvgIpc) is 3.93. The van der Waals surface area contributed by atoms with Crippen molar-refractivity contribution < 1.29 is 47.5 Å². The molecule has 10 nitrogen and oxygen atoms in total. The molecule has 8 rings (SSSR count). The highest BCUT2D eigenvalue weighted by atomic mass is 31.2. The molecule has 5 aliphatic rings. The quantitative estimate of drug-likeness (QED) is 0.0889. The Morgan fingerprint density at radius 2 is 1.38 bits per heavy atom. The number of hydrogen-bond acceptors (Lipinski definition) is 10. The van der Waals surface area contributed by atoms with Crippen LogP contribution in [0.2, 0.25) is 0 Å². The van der Waals surface area contributed by atoms with E-state index < -0.39 is 31.7 Å². The number of rotatable bonds is 14. The second-order valence-electron chi connectivity index (χ2n) is 19.1. The Morgan fingerprint density at radius 3 is 1.97 bits per heavy atom. The Bertz CT molecular complexity index is 2050. The Labute approximate surface area is 392 Å². The number of methoxy groups -OCH3 is 3. The molecule has 3 aliphatic carbocycles. The predicted molar refractivity (Wildman–Crippen MR) is 257 cm³/mol. The smallest absolute Gasteiger partial charge is 0.306 e. The molecule has 0 radical (unpaired) electrons. The van der Waals surface area contributed by atoms with Crippen molar-refractivity contribution >= 4 is 40.9 Å². The Balaban J connectivity index is 0.997. The predicted octanol–water partition coefficient (Wildman–Crippen LogP) is 8.33. The average molecular weight is 922 g/mol. The minimum absolute atomic E-state index is 0.0341. The van der Waals surface area contributed by atoms with E-state index in [2.05, 4.69) is 109 Å². The summed E-state index contributed by atoms with van der Waals surface area (Å²) in [6, 6.07) is 32.1. The highest BCUT2D eigenvalue weighted by Gasteiger charge is 2.53. The van der Waals surface area contributed by atoms with Crippen molar-refractivity contribution in [1.82, 2.24) is 0 Å². The Hall–Kier alpha value is -4.02. The second kappa shape index (κ2) is 21.9. The van der Waals surface area contributed by atoms with E-state index >= 15 is 0 Å². The number of esters is 2. The number of benzene rings is 3. The molecule has 3 aromatic carbocycles. The summed E-state index contributed by atoms with van der Waals surface area (Å²) in [5, 5.41) is 3.82. The molecule has 0 spiro atoms. The zero-order valence-corrected chi connectivity index (χ0v) is 40.5. The van der Waals surface area contributed by atoms with Gasteiger partial charge in [-0.3, -0.25) is 14.4 Å². The van der Waals surface area contributed by atoms with Crippen molar-refractivity contribution in [2.24, 2.45) is 35.5 Å². The Morgan fingerprint density at radius 1 is 0.758 bits per heavy atom. The van der Waals surface area contributed by atoms with Crippen molar-refractivity contribution in [3.05, 3.63) is 115 Å². The first-order chi connectivity index (χ1) is 32.1. The van der Waals surface area contributed by atoms with Crippen molar-refractivity contribution in [2.75, 3.05) is 27.5 Å². The highest BCUT2D eigenvalue weighted by molar-refractivity contribution is 7.95. The monoisotopic (exact) mass is 921 g/mol. The molecule has 354 valence electrons. The van der Waals surface area contributed by atoms with Gasteiger partial charge in [-0.05, 0) is 118 Å². The molecule has 2 saturated heterocycles. The fourth-order valence-corrected chi connectivity index (χ4v) is 16.4. The van der Waals surface area contributed by atoms with Gasteiger partial charge in [-0.15, -0.1) is 0 Å². The van der Waals surface area contributed by atoms with Crippen LogP contribution in [0.3, 0.4) is 0 Å². The maximum Gasteiger partial charge on any atom is 0.306 e. The van der Waals surface area contributed by atoms with Crippen LogP contribution in [0.1, 0.15) is 78.6 Å². The van der Waals surface area contributed by atoms with E-state index in [1.165, 1.54) is 15.9 Å². The summed E-state index contributed by atoms with van der Waals surface area (Å²) in [5.74, 6) is -1.04. The van der Waals surface area contributed by atoms with Gasteiger partial charge in [-0.2, -0.15) is 0 Å². The van der Waals surface area contributed by atoms with Crippen LogP contribution in [0.25, 0.3) is 0 Å². The van der Waals surface area contributed by atoms with E-state index in [-0.39, 0.29) is 90.7 Å². The highest BCUT2D eigenvalue weighted by Crippen LogP contribution is 2.57. The molecule has 0 bridgehead atoms. The van der Waals surface area contributed by atoms with Gasteiger partial charge >= 0.3 is 11.9 Å².